The SMILES string of the molecule is COc1ccc(NC(=O)C(=O)NCCSc2ncc(-c3ccccc3)[nH]2)cc1. The molecule has 0 bridgehead atoms. The summed E-state index contributed by atoms with van der Waals surface area (Å²) < 4.78 is 5.05. The molecule has 0 fully saturated rings. The van der Waals surface area contributed by atoms with Crippen molar-refractivity contribution in [3.63, 3.8) is 0 Å². The Morgan fingerprint density at radius 1 is 1.07 bits per heavy atom. The van der Waals surface area contributed by atoms with E-state index in [4.69, 9.17) is 4.74 Å². The number of aromatic nitrogens is 2. The quantitative estimate of drug-likeness (QED) is 0.324. The summed E-state index contributed by atoms with van der Waals surface area (Å²) in [5, 5.41) is 5.90. The Kier molecular flexibility index (Phi) is 6.69. The monoisotopic (exact) mass is 396 g/mol. The van der Waals surface area contributed by atoms with E-state index in [-0.39, 0.29) is 0 Å². The predicted octanol–water partition coefficient (Wildman–Crippen LogP) is 2.93. The Balaban J connectivity index is 1.40. The normalized spacial score (nSPS) is 10.3. The van der Waals surface area contributed by atoms with Crippen molar-refractivity contribution >= 4 is 29.3 Å². The number of H-pyrrole nitrogens is 1. The van der Waals surface area contributed by atoms with Crippen molar-refractivity contribution in [3.05, 3.63) is 60.8 Å². The summed E-state index contributed by atoms with van der Waals surface area (Å²) in [6.07, 6.45) is 1.78. The number of carbonyl (C=O) groups is 2. The Hall–Kier alpha value is -3.26. The number of carbonyl (C=O) groups excluding carboxylic acids is 2. The zero-order valence-corrected chi connectivity index (χ0v) is 16.1. The fraction of sp³-hybridized carbons (Fsp3) is 0.150. The molecule has 0 aliphatic heterocycles. The fourth-order valence-electron chi connectivity index (χ4n) is 2.40. The van der Waals surface area contributed by atoms with E-state index in [0.717, 1.165) is 16.4 Å². The van der Waals surface area contributed by atoms with Gasteiger partial charge in [-0.25, -0.2) is 4.98 Å². The standard InChI is InChI=1S/C20H20N4O3S/c1-27-16-9-7-15(8-10-16)23-19(26)18(25)21-11-12-28-20-22-13-17(24-20)14-5-3-2-4-6-14/h2-10,13H,11-12H2,1H3,(H,21,25)(H,22,24)(H,23,26). The summed E-state index contributed by atoms with van der Waals surface area (Å²) in [5.74, 6) is -0.128. The van der Waals surface area contributed by atoms with Gasteiger partial charge in [0.1, 0.15) is 5.75 Å². The summed E-state index contributed by atoms with van der Waals surface area (Å²) in [5.41, 5.74) is 2.52. The van der Waals surface area contributed by atoms with E-state index in [2.05, 4.69) is 20.6 Å². The van der Waals surface area contributed by atoms with Crippen LogP contribution < -0.4 is 15.4 Å². The molecule has 0 radical (unpaired) electrons. The van der Waals surface area contributed by atoms with Gasteiger partial charge in [0.25, 0.3) is 0 Å². The largest absolute Gasteiger partial charge is 0.497 e. The number of thioether (sulfide) groups is 1. The minimum Gasteiger partial charge on any atom is -0.497 e. The molecule has 1 aromatic heterocycles. The Morgan fingerprint density at radius 3 is 2.54 bits per heavy atom. The number of aromatic amines is 1. The molecule has 2 amide bonds. The van der Waals surface area contributed by atoms with Gasteiger partial charge < -0.3 is 20.4 Å². The number of nitrogens with one attached hydrogen (secondary N) is 3. The van der Waals surface area contributed by atoms with Gasteiger partial charge in [0.2, 0.25) is 0 Å². The number of benzene rings is 2. The average Bonchev–Trinajstić information content (AvgIpc) is 3.21. The van der Waals surface area contributed by atoms with E-state index in [1.54, 1.807) is 37.6 Å². The van der Waals surface area contributed by atoms with Crippen LogP contribution in [0.5, 0.6) is 5.75 Å². The first-order valence-electron chi connectivity index (χ1n) is 8.62. The Bertz CT molecular complexity index is 926. The van der Waals surface area contributed by atoms with E-state index < -0.39 is 11.8 Å². The molecule has 144 valence electrons. The highest BCUT2D eigenvalue weighted by Crippen LogP contribution is 2.20. The lowest BCUT2D eigenvalue weighted by molar-refractivity contribution is -0.136. The van der Waals surface area contributed by atoms with Gasteiger partial charge in [-0.05, 0) is 29.8 Å². The van der Waals surface area contributed by atoms with Gasteiger partial charge in [-0.3, -0.25) is 9.59 Å². The molecular weight excluding hydrogens is 376 g/mol. The maximum Gasteiger partial charge on any atom is 0.313 e. The van der Waals surface area contributed by atoms with Gasteiger partial charge in [0.15, 0.2) is 5.16 Å². The summed E-state index contributed by atoms with van der Waals surface area (Å²) >= 11 is 1.47. The third kappa shape index (κ3) is 5.37. The van der Waals surface area contributed by atoms with Crippen LogP contribution in [0.25, 0.3) is 11.3 Å². The fourth-order valence-corrected chi connectivity index (χ4v) is 3.10. The molecule has 3 rings (SSSR count). The van der Waals surface area contributed by atoms with Crippen LogP contribution in [0.15, 0.2) is 66.0 Å². The maximum absolute atomic E-state index is 11.9. The van der Waals surface area contributed by atoms with Crippen LogP contribution >= 0.6 is 11.8 Å². The third-order valence-corrected chi connectivity index (χ3v) is 4.71. The third-order valence-electron chi connectivity index (χ3n) is 3.82. The van der Waals surface area contributed by atoms with Crippen molar-refractivity contribution < 1.29 is 14.3 Å². The lowest BCUT2D eigenvalue weighted by atomic mass is 10.2. The minimum atomic E-state index is -0.709. The van der Waals surface area contributed by atoms with Gasteiger partial charge in [-0.15, -0.1) is 0 Å². The van der Waals surface area contributed by atoms with Crippen molar-refractivity contribution in [2.75, 3.05) is 24.7 Å². The molecule has 8 heteroatoms. The maximum atomic E-state index is 11.9. The molecule has 2 aromatic carbocycles. The summed E-state index contributed by atoms with van der Waals surface area (Å²) in [6.45, 7) is 0.348. The zero-order chi connectivity index (χ0) is 19.8. The summed E-state index contributed by atoms with van der Waals surface area (Å²) in [6, 6.07) is 16.7. The molecule has 0 aliphatic rings. The first kappa shape index (κ1) is 19.5. The molecular formula is C20H20N4O3S. The highest BCUT2D eigenvalue weighted by atomic mass is 32.2. The summed E-state index contributed by atoms with van der Waals surface area (Å²) in [7, 11) is 1.56. The molecule has 0 unspecified atom stereocenters. The Labute approximate surface area is 166 Å². The van der Waals surface area contributed by atoms with Crippen LogP contribution in [0, 0.1) is 0 Å². The van der Waals surface area contributed by atoms with Gasteiger partial charge in [0.05, 0.1) is 19.0 Å². The van der Waals surface area contributed by atoms with Crippen LogP contribution in [0.3, 0.4) is 0 Å². The molecule has 0 spiro atoms. The average molecular weight is 396 g/mol. The summed E-state index contributed by atoms with van der Waals surface area (Å²) in [4.78, 5) is 31.4. The van der Waals surface area contributed by atoms with Gasteiger partial charge >= 0.3 is 11.8 Å². The number of anilines is 1. The van der Waals surface area contributed by atoms with E-state index in [9.17, 15) is 9.59 Å². The lowest BCUT2D eigenvalue weighted by Gasteiger charge is -2.07. The number of hydrogen-bond acceptors (Lipinski definition) is 5. The van der Waals surface area contributed by atoms with Crippen LogP contribution in [0.2, 0.25) is 0 Å². The number of amides is 2. The lowest BCUT2D eigenvalue weighted by Crippen LogP contribution is -2.36. The number of methoxy groups -OCH3 is 1. The highest BCUT2D eigenvalue weighted by Gasteiger charge is 2.13. The van der Waals surface area contributed by atoms with Crippen LogP contribution in [-0.4, -0.2) is 41.2 Å². The highest BCUT2D eigenvalue weighted by molar-refractivity contribution is 7.99. The van der Waals surface area contributed by atoms with Crippen molar-refractivity contribution in [3.8, 4) is 17.0 Å². The van der Waals surface area contributed by atoms with Crippen molar-refractivity contribution in [2.24, 2.45) is 0 Å². The number of imidazole rings is 1. The molecule has 28 heavy (non-hydrogen) atoms. The van der Waals surface area contributed by atoms with Crippen molar-refractivity contribution in [2.45, 2.75) is 5.16 Å². The molecule has 3 aromatic rings. The van der Waals surface area contributed by atoms with Gasteiger partial charge in [-0.2, -0.15) is 0 Å². The minimum absolute atomic E-state index is 0.348. The van der Waals surface area contributed by atoms with Gasteiger partial charge in [-0.1, -0.05) is 42.1 Å². The van der Waals surface area contributed by atoms with E-state index in [0.29, 0.717) is 23.7 Å². The molecule has 1 heterocycles. The number of ether oxygens (including phenoxy) is 1. The Morgan fingerprint density at radius 2 is 1.82 bits per heavy atom. The zero-order valence-electron chi connectivity index (χ0n) is 15.3. The van der Waals surface area contributed by atoms with Crippen molar-refractivity contribution in [1.82, 2.24) is 15.3 Å². The van der Waals surface area contributed by atoms with E-state index in [1.807, 2.05) is 30.3 Å². The van der Waals surface area contributed by atoms with Gasteiger partial charge in [0, 0.05) is 18.0 Å². The molecule has 0 atom stereocenters. The predicted molar refractivity (Wildman–Crippen MR) is 109 cm³/mol. The van der Waals surface area contributed by atoms with Crippen LogP contribution in [-0.2, 0) is 9.59 Å². The van der Waals surface area contributed by atoms with E-state index >= 15 is 0 Å². The first-order chi connectivity index (χ1) is 13.7. The number of nitrogens with zero attached hydrogens (tertiary/aromatic N) is 1. The first-order valence-corrected chi connectivity index (χ1v) is 9.61. The van der Waals surface area contributed by atoms with E-state index in [1.165, 1.54) is 11.8 Å². The van der Waals surface area contributed by atoms with Crippen LogP contribution in [0.1, 0.15) is 0 Å². The second-order valence-electron chi connectivity index (χ2n) is 5.76. The van der Waals surface area contributed by atoms with Crippen molar-refractivity contribution in [1.29, 1.82) is 0 Å². The smallest absolute Gasteiger partial charge is 0.313 e. The molecule has 7 nitrogen and oxygen atoms in total. The number of hydrogen-bond donors (Lipinski definition) is 3. The topological polar surface area (TPSA) is 96.1 Å². The molecule has 0 aliphatic carbocycles. The second kappa shape index (κ2) is 9.61. The molecule has 3 N–H and O–H groups in total. The molecule has 0 saturated carbocycles. The molecule has 0 saturated heterocycles. The number of rotatable bonds is 7. The second-order valence-corrected chi connectivity index (χ2v) is 6.84. The van der Waals surface area contributed by atoms with Crippen LogP contribution in [0.4, 0.5) is 5.69 Å².